The van der Waals surface area contributed by atoms with Gasteiger partial charge >= 0.3 is 0 Å². The first kappa shape index (κ1) is 19.5. The monoisotopic (exact) mass is 394 g/mol. The molecule has 6 nitrogen and oxygen atoms in total. The van der Waals surface area contributed by atoms with Crippen molar-refractivity contribution in [1.82, 2.24) is 0 Å². The zero-order valence-corrected chi connectivity index (χ0v) is 17.3. The van der Waals surface area contributed by atoms with Crippen molar-refractivity contribution in [2.75, 3.05) is 6.61 Å². The van der Waals surface area contributed by atoms with Gasteiger partial charge in [-0.1, -0.05) is 26.3 Å². The van der Waals surface area contributed by atoms with Crippen molar-refractivity contribution in [2.24, 2.45) is 22.2 Å². The number of allylic oxidation sites excluding steroid dienone is 1. The fraction of sp³-hybridized carbons (Fsp3) is 0.909. The molecule has 10 atom stereocenters. The van der Waals surface area contributed by atoms with Crippen molar-refractivity contribution < 1.29 is 29.9 Å². The van der Waals surface area contributed by atoms with Crippen LogP contribution in [0.15, 0.2) is 11.1 Å². The molecule has 0 bridgehead atoms. The average molecular weight is 395 g/mol. The number of fused-ring (bicyclic) bond motifs is 3. The molecule has 1 aliphatic heterocycles. The first-order valence-corrected chi connectivity index (χ1v) is 10.8. The van der Waals surface area contributed by atoms with Gasteiger partial charge in [-0.3, -0.25) is 0 Å². The molecule has 0 radical (unpaired) electrons. The SMILES string of the molecule is CC1=C2[C@H]3O[C@@H](C(O)CO)OC3[C@]3(C)CC[C@@H](O)[C@@H](C)C34C[C@](O)(CC1)C24C. The van der Waals surface area contributed by atoms with E-state index in [-0.39, 0.29) is 29.0 Å². The van der Waals surface area contributed by atoms with Crippen LogP contribution >= 0.6 is 0 Å². The number of aliphatic hydroxyl groups is 4. The molecule has 4 N–H and O–H groups in total. The molecule has 4 fully saturated rings. The molecule has 0 aromatic carbocycles. The first-order chi connectivity index (χ1) is 13.1. The molecule has 5 aliphatic rings. The van der Waals surface area contributed by atoms with E-state index in [9.17, 15) is 20.4 Å². The third-order valence-electron chi connectivity index (χ3n) is 9.89. The third-order valence-corrected chi connectivity index (χ3v) is 9.89. The van der Waals surface area contributed by atoms with E-state index >= 15 is 0 Å². The standard InChI is InChI=1S/C22H34O6/c1-11-5-8-21(26)10-22-12(2)13(24)6-7-19(22,3)17-16(15(11)20(21,22)4)27-18(28-17)14(25)9-23/h12-14,16-18,23-26H,5-10H2,1-4H3/t12-,13-,14?,16-,17?,18-,19+,20?,21-,22?/m1/s1. The van der Waals surface area contributed by atoms with Crippen LogP contribution in [-0.4, -0.2) is 63.3 Å². The van der Waals surface area contributed by atoms with Crippen molar-refractivity contribution in [1.29, 1.82) is 0 Å². The minimum Gasteiger partial charge on any atom is -0.393 e. The summed E-state index contributed by atoms with van der Waals surface area (Å²) in [4.78, 5) is 0. The summed E-state index contributed by atoms with van der Waals surface area (Å²) < 4.78 is 12.6. The van der Waals surface area contributed by atoms with Crippen LogP contribution in [0.1, 0.15) is 59.8 Å². The molecule has 4 aliphatic carbocycles. The van der Waals surface area contributed by atoms with E-state index in [4.69, 9.17) is 9.47 Å². The maximum Gasteiger partial charge on any atom is 0.187 e. The van der Waals surface area contributed by atoms with E-state index < -0.39 is 36.1 Å². The van der Waals surface area contributed by atoms with Gasteiger partial charge in [0.1, 0.15) is 12.2 Å². The molecule has 0 aromatic rings. The molecule has 1 spiro atoms. The topological polar surface area (TPSA) is 99.4 Å². The van der Waals surface area contributed by atoms with Crippen LogP contribution in [0.2, 0.25) is 0 Å². The quantitative estimate of drug-likeness (QED) is 0.530. The summed E-state index contributed by atoms with van der Waals surface area (Å²) in [7, 11) is 0. The highest BCUT2D eigenvalue weighted by atomic mass is 16.7. The average Bonchev–Trinajstić information content (AvgIpc) is 3.10. The molecule has 0 amide bonds. The van der Waals surface area contributed by atoms with Crippen LogP contribution in [0.4, 0.5) is 0 Å². The summed E-state index contributed by atoms with van der Waals surface area (Å²) in [5.41, 5.74) is 0.495. The van der Waals surface area contributed by atoms with Gasteiger partial charge in [0.25, 0.3) is 0 Å². The Labute approximate surface area is 166 Å². The predicted octanol–water partition coefficient (Wildman–Crippen LogP) is 1.50. The fourth-order valence-electron chi connectivity index (χ4n) is 8.43. The molecule has 158 valence electrons. The lowest BCUT2D eigenvalue weighted by atomic mass is 9.23. The molecule has 0 aromatic heterocycles. The molecule has 6 heteroatoms. The second kappa shape index (κ2) is 5.59. The zero-order chi connectivity index (χ0) is 20.3. The second-order valence-electron chi connectivity index (χ2n) is 10.5. The van der Waals surface area contributed by atoms with Gasteiger partial charge in [0, 0.05) is 10.8 Å². The molecule has 5 rings (SSSR count). The Hall–Kier alpha value is -0.500. The Kier molecular flexibility index (Phi) is 3.89. The zero-order valence-electron chi connectivity index (χ0n) is 17.3. The lowest BCUT2D eigenvalue weighted by Crippen LogP contribution is -2.84. The highest BCUT2D eigenvalue weighted by Crippen LogP contribution is 2.84. The fourth-order valence-corrected chi connectivity index (χ4v) is 8.43. The van der Waals surface area contributed by atoms with Crippen molar-refractivity contribution in [3.63, 3.8) is 0 Å². The predicted molar refractivity (Wildman–Crippen MR) is 101 cm³/mol. The van der Waals surface area contributed by atoms with Gasteiger partial charge in [-0.2, -0.15) is 0 Å². The summed E-state index contributed by atoms with van der Waals surface area (Å²) in [5.74, 6) is 0.0313. The van der Waals surface area contributed by atoms with Crippen LogP contribution in [0.25, 0.3) is 0 Å². The largest absolute Gasteiger partial charge is 0.393 e. The number of rotatable bonds is 2. The van der Waals surface area contributed by atoms with E-state index in [1.54, 1.807) is 0 Å². The Morgan fingerprint density at radius 1 is 1.21 bits per heavy atom. The number of hydrogen-bond acceptors (Lipinski definition) is 6. The Morgan fingerprint density at radius 2 is 1.93 bits per heavy atom. The van der Waals surface area contributed by atoms with Gasteiger partial charge in [-0.25, -0.2) is 0 Å². The minimum atomic E-state index is -1.09. The Balaban J connectivity index is 1.72. The maximum absolute atomic E-state index is 11.7. The highest BCUT2D eigenvalue weighted by Gasteiger charge is 2.85. The number of ether oxygens (including phenoxy) is 2. The lowest BCUT2D eigenvalue weighted by molar-refractivity contribution is -0.362. The highest BCUT2D eigenvalue weighted by molar-refractivity contribution is 5.48. The molecule has 3 saturated carbocycles. The summed E-state index contributed by atoms with van der Waals surface area (Å²) in [5, 5.41) is 42.2. The first-order valence-electron chi connectivity index (χ1n) is 10.8. The van der Waals surface area contributed by atoms with Crippen molar-refractivity contribution >= 4 is 0 Å². The third kappa shape index (κ3) is 1.79. The van der Waals surface area contributed by atoms with Crippen LogP contribution < -0.4 is 0 Å². The summed E-state index contributed by atoms with van der Waals surface area (Å²) in [6, 6.07) is 0. The van der Waals surface area contributed by atoms with Gasteiger partial charge in [-0.05, 0) is 55.9 Å². The molecule has 28 heavy (non-hydrogen) atoms. The maximum atomic E-state index is 11.7. The van der Waals surface area contributed by atoms with E-state index in [2.05, 4.69) is 27.7 Å². The van der Waals surface area contributed by atoms with Crippen molar-refractivity contribution in [3.8, 4) is 0 Å². The number of hydrogen-bond donors (Lipinski definition) is 4. The van der Waals surface area contributed by atoms with Gasteiger partial charge in [0.2, 0.25) is 0 Å². The normalized spacial score (nSPS) is 58.5. The second-order valence-corrected chi connectivity index (χ2v) is 10.5. The van der Waals surface area contributed by atoms with E-state index in [1.165, 1.54) is 5.57 Å². The minimum absolute atomic E-state index is 0.0313. The summed E-state index contributed by atoms with van der Waals surface area (Å²) in [6.07, 6.45) is 0.786. The van der Waals surface area contributed by atoms with Crippen molar-refractivity contribution in [3.05, 3.63) is 11.1 Å². The number of aliphatic hydroxyl groups excluding tert-OH is 3. The molecular weight excluding hydrogens is 360 g/mol. The van der Waals surface area contributed by atoms with Crippen molar-refractivity contribution in [2.45, 2.75) is 96.1 Å². The molecule has 1 saturated heterocycles. The van der Waals surface area contributed by atoms with Gasteiger partial charge in [0.15, 0.2) is 6.29 Å². The van der Waals surface area contributed by atoms with E-state index in [0.717, 1.165) is 24.8 Å². The molecular formula is C22H34O6. The van der Waals surface area contributed by atoms with E-state index in [0.29, 0.717) is 12.8 Å². The van der Waals surface area contributed by atoms with Gasteiger partial charge in [0.05, 0.1) is 24.4 Å². The Morgan fingerprint density at radius 3 is 2.61 bits per heavy atom. The van der Waals surface area contributed by atoms with Crippen LogP contribution in [0, 0.1) is 22.2 Å². The Bertz CT molecular complexity index is 737. The van der Waals surface area contributed by atoms with Gasteiger partial charge < -0.3 is 29.9 Å². The molecule has 4 unspecified atom stereocenters. The van der Waals surface area contributed by atoms with Crippen LogP contribution in [0.3, 0.4) is 0 Å². The van der Waals surface area contributed by atoms with E-state index in [1.807, 2.05) is 0 Å². The molecule has 1 heterocycles. The summed E-state index contributed by atoms with van der Waals surface area (Å²) >= 11 is 0. The lowest BCUT2D eigenvalue weighted by Gasteiger charge is -2.82. The smallest absolute Gasteiger partial charge is 0.187 e. The summed E-state index contributed by atoms with van der Waals surface area (Å²) in [6.45, 7) is 8.24. The van der Waals surface area contributed by atoms with Crippen LogP contribution in [-0.2, 0) is 9.47 Å². The van der Waals surface area contributed by atoms with Crippen LogP contribution in [0.5, 0.6) is 0 Å². The van der Waals surface area contributed by atoms with Gasteiger partial charge in [-0.15, -0.1) is 0 Å².